The molecule has 0 bridgehead atoms. The Kier molecular flexibility index (Phi) is 4.89. The molecular formula is C10H17N3O4. The number of nitrogens with zero attached hydrogens (tertiary/aromatic N) is 1. The van der Waals surface area contributed by atoms with E-state index in [4.69, 9.17) is 10.5 Å². The third-order valence-corrected chi connectivity index (χ3v) is 2.31. The second-order valence-electron chi connectivity index (χ2n) is 3.85. The number of nitrogens with one attached hydrogen (secondary N) is 1. The molecule has 7 heteroatoms. The number of rotatable bonds is 6. The minimum absolute atomic E-state index is 0.0214. The molecule has 0 atom stereocenters. The van der Waals surface area contributed by atoms with Crippen LogP contribution in [-0.4, -0.2) is 48.5 Å². The molecule has 0 spiro atoms. The largest absolute Gasteiger partial charge is 0.465 e. The topological polar surface area (TPSA) is 102 Å². The van der Waals surface area contributed by atoms with Gasteiger partial charge in [-0.3, -0.25) is 19.8 Å². The molecule has 0 aliphatic heterocycles. The molecule has 0 aromatic rings. The molecule has 3 N–H and O–H groups in total. The smallest absolute Gasteiger partial charge is 0.320 e. The minimum atomic E-state index is -0.887. The number of carbonyl (C=O) groups excluding carboxylic acids is 3. The van der Waals surface area contributed by atoms with Crippen LogP contribution in [-0.2, 0) is 14.3 Å². The maximum Gasteiger partial charge on any atom is 0.320 e. The van der Waals surface area contributed by atoms with E-state index in [0.717, 1.165) is 12.8 Å². The number of ether oxygens (including phenoxy) is 1. The lowest BCUT2D eigenvalue weighted by Crippen LogP contribution is -2.44. The Balaban J connectivity index is 2.40. The maximum atomic E-state index is 11.3. The van der Waals surface area contributed by atoms with Gasteiger partial charge in [-0.05, 0) is 19.8 Å². The van der Waals surface area contributed by atoms with Gasteiger partial charge in [0.25, 0.3) is 0 Å². The molecule has 0 unspecified atom stereocenters. The fourth-order valence-corrected chi connectivity index (χ4v) is 1.49. The second-order valence-corrected chi connectivity index (χ2v) is 3.85. The summed E-state index contributed by atoms with van der Waals surface area (Å²) in [6.07, 6.45) is 1.90. The van der Waals surface area contributed by atoms with E-state index in [1.807, 2.05) is 5.32 Å². The normalized spacial score (nSPS) is 14.5. The summed E-state index contributed by atoms with van der Waals surface area (Å²) >= 11 is 0. The van der Waals surface area contributed by atoms with Crippen LogP contribution >= 0.6 is 0 Å². The highest BCUT2D eigenvalue weighted by atomic mass is 16.5. The first-order chi connectivity index (χ1) is 8.02. The SMILES string of the molecule is CCOC(=O)CN(CC(=O)NC(N)=O)C1CC1. The summed E-state index contributed by atoms with van der Waals surface area (Å²) in [5.41, 5.74) is 4.83. The summed E-state index contributed by atoms with van der Waals surface area (Å²) in [6.45, 7) is 2.07. The average molecular weight is 243 g/mol. The molecule has 0 heterocycles. The average Bonchev–Trinajstić information content (AvgIpc) is 2.98. The Labute approximate surface area is 99.3 Å². The molecule has 0 radical (unpaired) electrons. The number of hydrogen-bond donors (Lipinski definition) is 2. The third kappa shape index (κ3) is 5.30. The zero-order chi connectivity index (χ0) is 12.8. The zero-order valence-corrected chi connectivity index (χ0v) is 9.77. The minimum Gasteiger partial charge on any atom is -0.465 e. The van der Waals surface area contributed by atoms with E-state index in [1.54, 1.807) is 11.8 Å². The molecule has 1 fully saturated rings. The Hall–Kier alpha value is -1.63. The Bertz CT molecular complexity index is 315. The van der Waals surface area contributed by atoms with E-state index in [1.165, 1.54) is 0 Å². The van der Waals surface area contributed by atoms with Gasteiger partial charge in [0.15, 0.2) is 0 Å². The van der Waals surface area contributed by atoms with Crippen molar-refractivity contribution < 1.29 is 19.1 Å². The van der Waals surface area contributed by atoms with Crippen LogP contribution in [0.1, 0.15) is 19.8 Å². The first-order valence-corrected chi connectivity index (χ1v) is 5.52. The Morgan fingerprint density at radius 3 is 2.47 bits per heavy atom. The van der Waals surface area contributed by atoms with Gasteiger partial charge in [-0.1, -0.05) is 0 Å². The molecule has 3 amide bonds. The molecule has 1 aliphatic carbocycles. The monoisotopic (exact) mass is 243 g/mol. The van der Waals surface area contributed by atoms with Gasteiger partial charge in [-0.15, -0.1) is 0 Å². The number of primary amides is 1. The fraction of sp³-hybridized carbons (Fsp3) is 0.700. The van der Waals surface area contributed by atoms with Crippen molar-refractivity contribution in [3.8, 4) is 0 Å². The number of hydrogen-bond acceptors (Lipinski definition) is 5. The van der Waals surface area contributed by atoms with Crippen LogP contribution in [0.5, 0.6) is 0 Å². The highest BCUT2D eigenvalue weighted by molar-refractivity contribution is 5.94. The zero-order valence-electron chi connectivity index (χ0n) is 9.77. The van der Waals surface area contributed by atoms with Gasteiger partial charge in [0.05, 0.1) is 19.7 Å². The summed E-state index contributed by atoms with van der Waals surface area (Å²) in [7, 11) is 0. The first-order valence-electron chi connectivity index (χ1n) is 5.52. The second kappa shape index (κ2) is 6.19. The van der Waals surface area contributed by atoms with Crippen molar-refractivity contribution in [1.82, 2.24) is 10.2 Å². The summed E-state index contributed by atoms with van der Waals surface area (Å²) in [5.74, 6) is -0.875. The summed E-state index contributed by atoms with van der Waals surface area (Å²) in [6, 6.07) is -0.667. The van der Waals surface area contributed by atoms with Gasteiger partial charge in [0, 0.05) is 6.04 Å². The molecule has 17 heavy (non-hydrogen) atoms. The lowest BCUT2D eigenvalue weighted by Gasteiger charge is -2.19. The van der Waals surface area contributed by atoms with Crippen LogP contribution in [0.25, 0.3) is 0 Å². The predicted molar refractivity (Wildman–Crippen MR) is 59.0 cm³/mol. The van der Waals surface area contributed by atoms with Gasteiger partial charge in [0.2, 0.25) is 5.91 Å². The molecule has 1 rings (SSSR count). The third-order valence-electron chi connectivity index (χ3n) is 2.31. The fourth-order valence-electron chi connectivity index (χ4n) is 1.49. The van der Waals surface area contributed by atoms with Gasteiger partial charge in [-0.2, -0.15) is 0 Å². The predicted octanol–water partition coefficient (Wildman–Crippen LogP) is -0.791. The van der Waals surface area contributed by atoms with Crippen LogP contribution in [0.2, 0.25) is 0 Å². The van der Waals surface area contributed by atoms with Crippen LogP contribution in [0.4, 0.5) is 4.79 Å². The van der Waals surface area contributed by atoms with Gasteiger partial charge in [-0.25, -0.2) is 4.79 Å². The van der Waals surface area contributed by atoms with E-state index < -0.39 is 11.9 Å². The van der Waals surface area contributed by atoms with Crippen LogP contribution in [0, 0.1) is 0 Å². The molecule has 7 nitrogen and oxygen atoms in total. The number of nitrogens with two attached hydrogens (primary N) is 1. The highest BCUT2D eigenvalue weighted by Crippen LogP contribution is 2.26. The summed E-state index contributed by atoms with van der Waals surface area (Å²) in [5, 5.41) is 1.97. The van der Waals surface area contributed by atoms with E-state index in [-0.39, 0.29) is 25.1 Å². The lowest BCUT2D eigenvalue weighted by atomic mass is 10.4. The molecule has 1 saturated carbocycles. The number of urea groups is 1. The van der Waals surface area contributed by atoms with Crippen molar-refractivity contribution in [3.63, 3.8) is 0 Å². The van der Waals surface area contributed by atoms with Crippen molar-refractivity contribution in [1.29, 1.82) is 0 Å². The molecule has 0 saturated heterocycles. The van der Waals surface area contributed by atoms with E-state index in [2.05, 4.69) is 0 Å². The van der Waals surface area contributed by atoms with E-state index >= 15 is 0 Å². The number of amides is 3. The molecule has 1 aliphatic rings. The standard InChI is InChI=1S/C10H17N3O4/c1-2-17-9(15)6-13(7-3-4-7)5-8(14)12-10(11)16/h7H,2-6H2,1H3,(H3,11,12,14,16). The highest BCUT2D eigenvalue weighted by Gasteiger charge is 2.32. The van der Waals surface area contributed by atoms with E-state index in [0.29, 0.717) is 6.61 Å². The Morgan fingerprint density at radius 1 is 1.35 bits per heavy atom. The van der Waals surface area contributed by atoms with Crippen molar-refractivity contribution in [2.24, 2.45) is 5.73 Å². The quantitative estimate of drug-likeness (QED) is 0.595. The molecular weight excluding hydrogens is 226 g/mol. The van der Waals surface area contributed by atoms with Crippen molar-refractivity contribution in [2.75, 3.05) is 19.7 Å². The maximum absolute atomic E-state index is 11.3. The van der Waals surface area contributed by atoms with E-state index in [9.17, 15) is 14.4 Å². The summed E-state index contributed by atoms with van der Waals surface area (Å²) in [4.78, 5) is 34.8. The molecule has 0 aromatic carbocycles. The van der Waals surface area contributed by atoms with Crippen molar-refractivity contribution in [2.45, 2.75) is 25.8 Å². The number of esters is 1. The lowest BCUT2D eigenvalue weighted by molar-refractivity contribution is -0.144. The van der Waals surface area contributed by atoms with Crippen LogP contribution < -0.4 is 11.1 Å². The molecule has 96 valence electrons. The van der Waals surface area contributed by atoms with Gasteiger partial charge < -0.3 is 10.5 Å². The summed E-state index contributed by atoms with van der Waals surface area (Å²) < 4.78 is 4.81. The van der Waals surface area contributed by atoms with Crippen molar-refractivity contribution in [3.05, 3.63) is 0 Å². The van der Waals surface area contributed by atoms with Crippen LogP contribution in [0.15, 0.2) is 0 Å². The number of imide groups is 1. The Morgan fingerprint density at radius 2 is 2.00 bits per heavy atom. The van der Waals surface area contributed by atoms with Crippen LogP contribution in [0.3, 0.4) is 0 Å². The van der Waals surface area contributed by atoms with Crippen molar-refractivity contribution >= 4 is 17.9 Å². The number of carbonyl (C=O) groups is 3. The van der Waals surface area contributed by atoms with Gasteiger partial charge in [0.1, 0.15) is 0 Å². The molecule has 0 aromatic heterocycles. The first kappa shape index (κ1) is 13.4. The van der Waals surface area contributed by atoms with Gasteiger partial charge >= 0.3 is 12.0 Å².